The zero-order valence-electron chi connectivity index (χ0n) is 17.1. The number of hydrogen-bond donors (Lipinski definition) is 0. The number of ether oxygens (including phenoxy) is 2. The van der Waals surface area contributed by atoms with Crippen LogP contribution in [-0.4, -0.2) is 52.3 Å². The van der Waals surface area contributed by atoms with Gasteiger partial charge in [-0.15, -0.1) is 10.2 Å². The second kappa shape index (κ2) is 9.40. The van der Waals surface area contributed by atoms with Crippen molar-refractivity contribution in [1.82, 2.24) is 10.2 Å². The Morgan fingerprint density at radius 2 is 1.67 bits per heavy atom. The highest BCUT2D eigenvalue weighted by molar-refractivity contribution is 5.96. The first-order chi connectivity index (χ1) is 15.9. The monoisotopic (exact) mass is 455 g/mol. The van der Waals surface area contributed by atoms with Crippen LogP contribution in [0.25, 0.3) is 11.5 Å². The molecule has 3 aromatic rings. The Morgan fingerprint density at radius 3 is 2.33 bits per heavy atom. The second-order valence-corrected chi connectivity index (χ2v) is 6.94. The molecule has 0 atom stereocenters. The molecule has 1 aromatic heterocycles. The minimum Gasteiger partial charge on any atom is -0.452 e. The van der Waals surface area contributed by atoms with Crippen molar-refractivity contribution in [2.75, 3.05) is 31.2 Å². The molecule has 2 heterocycles. The normalized spacial score (nSPS) is 13.5. The third-order valence-corrected chi connectivity index (χ3v) is 4.88. The minimum absolute atomic E-state index is 0.00458. The summed E-state index contributed by atoms with van der Waals surface area (Å²) in [5.74, 6) is -0.689. The lowest BCUT2D eigenvalue weighted by atomic mass is 10.1. The van der Waals surface area contributed by atoms with E-state index in [1.807, 2.05) is 4.90 Å². The van der Waals surface area contributed by atoms with Crippen LogP contribution in [-0.2, 0) is 16.1 Å². The van der Waals surface area contributed by atoms with E-state index in [0.717, 1.165) is 0 Å². The van der Waals surface area contributed by atoms with Gasteiger partial charge >= 0.3 is 5.97 Å². The summed E-state index contributed by atoms with van der Waals surface area (Å²) in [5.41, 5.74) is 0.684. The highest BCUT2D eigenvalue weighted by atomic mass is 16.6. The molecule has 0 radical (unpaired) electrons. The lowest BCUT2D eigenvalue weighted by molar-refractivity contribution is -0.385. The fourth-order valence-electron chi connectivity index (χ4n) is 3.24. The number of benzene rings is 2. The first-order valence-electron chi connectivity index (χ1n) is 9.78. The van der Waals surface area contributed by atoms with Crippen molar-refractivity contribution >= 4 is 23.0 Å². The average molecular weight is 455 g/mol. The summed E-state index contributed by atoms with van der Waals surface area (Å²) in [4.78, 5) is 35.5. The van der Waals surface area contributed by atoms with Crippen LogP contribution in [0.4, 0.5) is 17.1 Å². The van der Waals surface area contributed by atoms with Crippen LogP contribution in [0.15, 0.2) is 46.9 Å². The number of morpholine rings is 1. The van der Waals surface area contributed by atoms with E-state index in [0.29, 0.717) is 37.6 Å². The van der Waals surface area contributed by atoms with Crippen LogP contribution < -0.4 is 4.90 Å². The predicted octanol–water partition coefficient (Wildman–Crippen LogP) is 2.75. The van der Waals surface area contributed by atoms with Gasteiger partial charge in [0.05, 0.1) is 34.3 Å². The molecule has 13 heteroatoms. The Morgan fingerprint density at radius 1 is 1.00 bits per heavy atom. The molecule has 0 aliphatic carbocycles. The van der Waals surface area contributed by atoms with E-state index < -0.39 is 15.8 Å². The number of aromatic nitrogens is 2. The number of carbonyl (C=O) groups is 1. The van der Waals surface area contributed by atoms with Gasteiger partial charge in [-0.25, -0.2) is 4.79 Å². The lowest BCUT2D eigenvalue weighted by Crippen LogP contribution is -2.37. The van der Waals surface area contributed by atoms with Crippen LogP contribution in [0.3, 0.4) is 0 Å². The largest absolute Gasteiger partial charge is 0.452 e. The van der Waals surface area contributed by atoms with Crippen LogP contribution in [0.5, 0.6) is 0 Å². The van der Waals surface area contributed by atoms with E-state index in [2.05, 4.69) is 10.2 Å². The van der Waals surface area contributed by atoms with Crippen LogP contribution in [0.2, 0.25) is 0 Å². The van der Waals surface area contributed by atoms with Gasteiger partial charge in [0.1, 0.15) is 0 Å². The molecule has 170 valence electrons. The maximum atomic E-state index is 12.8. The van der Waals surface area contributed by atoms with Gasteiger partial charge in [0.2, 0.25) is 5.89 Å². The number of esters is 1. The first-order valence-corrected chi connectivity index (χ1v) is 9.78. The molecule has 0 bridgehead atoms. The molecular formula is C20H17N5O8. The van der Waals surface area contributed by atoms with Crippen molar-refractivity contribution in [2.24, 2.45) is 0 Å². The number of carbonyl (C=O) groups excluding carboxylic acids is 1. The van der Waals surface area contributed by atoms with E-state index in [1.54, 1.807) is 0 Å². The molecule has 1 fully saturated rings. The van der Waals surface area contributed by atoms with E-state index in [1.165, 1.54) is 42.5 Å². The van der Waals surface area contributed by atoms with Crippen molar-refractivity contribution in [1.29, 1.82) is 0 Å². The zero-order chi connectivity index (χ0) is 23.4. The fraction of sp³-hybridized carbons (Fsp3) is 0.250. The third kappa shape index (κ3) is 4.93. The average Bonchev–Trinajstić information content (AvgIpc) is 3.32. The summed E-state index contributed by atoms with van der Waals surface area (Å²) < 4.78 is 16.1. The Labute approximate surface area is 185 Å². The van der Waals surface area contributed by atoms with Gasteiger partial charge in [0.25, 0.3) is 17.3 Å². The fourth-order valence-corrected chi connectivity index (χ4v) is 3.24. The molecule has 0 spiro atoms. The van der Waals surface area contributed by atoms with Crippen molar-refractivity contribution in [2.45, 2.75) is 6.61 Å². The smallest absolute Gasteiger partial charge is 0.341 e. The number of hydrogen-bond acceptors (Lipinski definition) is 11. The predicted molar refractivity (Wildman–Crippen MR) is 112 cm³/mol. The van der Waals surface area contributed by atoms with E-state index >= 15 is 0 Å². The Balaban J connectivity index is 1.49. The maximum Gasteiger partial charge on any atom is 0.341 e. The zero-order valence-corrected chi connectivity index (χ0v) is 17.1. The molecule has 0 unspecified atom stereocenters. The number of nitrogens with zero attached hydrogens (tertiary/aromatic N) is 5. The van der Waals surface area contributed by atoms with Gasteiger partial charge in [-0.05, 0) is 18.2 Å². The molecule has 1 aliphatic rings. The highest BCUT2D eigenvalue weighted by Crippen LogP contribution is 2.28. The number of nitro groups is 2. The van der Waals surface area contributed by atoms with Gasteiger partial charge in [-0.1, -0.05) is 0 Å². The quantitative estimate of drug-likeness (QED) is 0.292. The molecule has 33 heavy (non-hydrogen) atoms. The Hall–Kier alpha value is -4.39. The molecule has 1 saturated heterocycles. The number of non-ortho nitro benzene ring substituents is 2. The van der Waals surface area contributed by atoms with Crippen molar-refractivity contribution in [3.63, 3.8) is 0 Å². The third-order valence-electron chi connectivity index (χ3n) is 4.88. The summed E-state index contributed by atoms with van der Waals surface area (Å²) in [5, 5.41) is 29.6. The van der Waals surface area contributed by atoms with E-state index in [9.17, 15) is 25.0 Å². The van der Waals surface area contributed by atoms with Crippen LogP contribution in [0.1, 0.15) is 16.2 Å². The molecule has 2 aromatic carbocycles. The van der Waals surface area contributed by atoms with Crippen molar-refractivity contribution in [3.8, 4) is 11.5 Å². The SMILES string of the molecule is O=C(OCc1nnc(-c2ccc([N+](=O)[O-])cc2)o1)c1cc([N+](=O)[O-])ccc1N1CCOCC1. The van der Waals surface area contributed by atoms with Crippen molar-refractivity contribution in [3.05, 3.63) is 74.1 Å². The molecule has 0 amide bonds. The first kappa shape index (κ1) is 21.8. The van der Waals surface area contributed by atoms with Gasteiger partial charge in [0.15, 0.2) is 6.61 Å². The van der Waals surface area contributed by atoms with E-state index in [4.69, 9.17) is 13.9 Å². The second-order valence-electron chi connectivity index (χ2n) is 6.94. The molecule has 0 saturated carbocycles. The number of anilines is 1. The van der Waals surface area contributed by atoms with Gasteiger partial charge in [-0.3, -0.25) is 20.2 Å². The lowest BCUT2D eigenvalue weighted by Gasteiger charge is -2.30. The standard InChI is InChI=1S/C20H17N5O8/c26-20(16-11-15(25(29)30)5-6-17(16)23-7-9-31-10-8-23)32-12-18-21-22-19(33-18)13-1-3-14(4-2-13)24(27)28/h1-6,11H,7-10,12H2. The summed E-state index contributed by atoms with van der Waals surface area (Å²) in [6, 6.07) is 9.53. The van der Waals surface area contributed by atoms with Gasteiger partial charge < -0.3 is 18.8 Å². The van der Waals surface area contributed by atoms with Crippen molar-refractivity contribution < 1.29 is 28.5 Å². The molecule has 0 N–H and O–H groups in total. The molecule has 4 rings (SSSR count). The van der Waals surface area contributed by atoms with Gasteiger partial charge in [-0.2, -0.15) is 0 Å². The molecular weight excluding hydrogens is 438 g/mol. The van der Waals surface area contributed by atoms with Crippen LogP contribution in [0, 0.1) is 20.2 Å². The van der Waals surface area contributed by atoms with Gasteiger partial charge in [0, 0.05) is 42.9 Å². The number of nitro benzene ring substituents is 2. The topological polar surface area (TPSA) is 164 Å². The Bertz CT molecular complexity index is 1190. The Kier molecular flexibility index (Phi) is 6.22. The van der Waals surface area contributed by atoms with E-state index in [-0.39, 0.29) is 35.3 Å². The summed E-state index contributed by atoms with van der Waals surface area (Å²) in [6.45, 7) is 1.64. The van der Waals surface area contributed by atoms with Crippen LogP contribution >= 0.6 is 0 Å². The maximum absolute atomic E-state index is 12.8. The summed E-state index contributed by atoms with van der Waals surface area (Å²) in [6.07, 6.45) is 0. The summed E-state index contributed by atoms with van der Waals surface area (Å²) >= 11 is 0. The summed E-state index contributed by atoms with van der Waals surface area (Å²) in [7, 11) is 0. The minimum atomic E-state index is -0.782. The highest BCUT2D eigenvalue weighted by Gasteiger charge is 2.23. The molecule has 13 nitrogen and oxygen atoms in total. The molecule has 1 aliphatic heterocycles. The number of rotatable bonds is 7.